The fourth-order valence-corrected chi connectivity index (χ4v) is 3.46. The topological polar surface area (TPSA) is 80.9 Å². The first-order chi connectivity index (χ1) is 14.8. The number of carbonyl (C=O) groups excluding carboxylic acids is 1. The van der Waals surface area contributed by atoms with Crippen LogP contribution in [-0.2, 0) is 4.79 Å². The normalized spacial score (nSPS) is 15.8. The maximum Gasteiger partial charge on any atom is 0.387 e. The molecule has 0 saturated carbocycles. The van der Waals surface area contributed by atoms with Gasteiger partial charge in [0.25, 0.3) is 5.91 Å². The molecule has 2 aromatic rings. The van der Waals surface area contributed by atoms with Gasteiger partial charge in [0, 0.05) is 11.8 Å². The predicted octanol–water partition coefficient (Wildman–Crippen LogP) is 3.74. The maximum absolute atomic E-state index is 13.2. The molecule has 0 unspecified atom stereocenters. The monoisotopic (exact) mass is 449 g/mol. The number of thiocarbonyl (C=S) groups is 1. The van der Waals surface area contributed by atoms with Crippen LogP contribution in [0.3, 0.4) is 0 Å². The number of hydrogen-bond acceptors (Lipinski definition) is 5. The number of amides is 1. The van der Waals surface area contributed by atoms with E-state index in [0.717, 1.165) is 0 Å². The number of hydrogen-bond donors (Lipinski definition) is 3. The average Bonchev–Trinajstić information content (AvgIpc) is 2.73. The molecule has 1 heterocycles. The molecule has 31 heavy (non-hydrogen) atoms. The van der Waals surface area contributed by atoms with E-state index in [1.165, 1.54) is 26.4 Å². The number of methoxy groups -OCH3 is 2. The van der Waals surface area contributed by atoms with Gasteiger partial charge in [-0.2, -0.15) is 8.78 Å². The van der Waals surface area contributed by atoms with Crippen molar-refractivity contribution in [3.05, 3.63) is 59.3 Å². The fraction of sp³-hybridized carbons (Fsp3) is 0.238. The number of ether oxygens (including phenoxy) is 3. The van der Waals surface area contributed by atoms with Gasteiger partial charge in [-0.25, -0.2) is 0 Å². The third-order valence-electron chi connectivity index (χ3n) is 4.61. The molecule has 0 radical (unpaired) electrons. The molecule has 1 aliphatic heterocycles. The first-order valence-electron chi connectivity index (χ1n) is 9.18. The summed E-state index contributed by atoms with van der Waals surface area (Å²) in [6.07, 6.45) is 0. The van der Waals surface area contributed by atoms with Gasteiger partial charge in [-0.15, -0.1) is 0 Å². The number of nitrogens with one attached hydrogen (secondary N) is 3. The van der Waals surface area contributed by atoms with Gasteiger partial charge in [-0.05, 0) is 49.0 Å². The van der Waals surface area contributed by atoms with Gasteiger partial charge in [0.15, 0.2) is 5.11 Å². The van der Waals surface area contributed by atoms with Crippen LogP contribution in [0.25, 0.3) is 0 Å². The molecule has 2 aromatic carbocycles. The third-order valence-corrected chi connectivity index (χ3v) is 4.83. The molecule has 1 atom stereocenters. The summed E-state index contributed by atoms with van der Waals surface area (Å²) in [4.78, 5) is 13.2. The summed E-state index contributed by atoms with van der Waals surface area (Å²) in [6.45, 7) is -1.19. The van der Waals surface area contributed by atoms with E-state index in [1.807, 2.05) is 0 Å². The quantitative estimate of drug-likeness (QED) is 0.556. The second kappa shape index (κ2) is 9.61. The van der Waals surface area contributed by atoms with E-state index in [-0.39, 0.29) is 5.75 Å². The Bertz CT molecular complexity index is 1010. The van der Waals surface area contributed by atoms with E-state index in [2.05, 4.69) is 20.7 Å². The lowest BCUT2D eigenvalue weighted by Crippen LogP contribution is -2.45. The zero-order valence-corrected chi connectivity index (χ0v) is 17.8. The SMILES string of the molecule is COc1ccc(OC)c(NC(=O)C2=C(C)NC(=S)N[C@@H]2c2ccc(OC(F)F)cc2)c1. The van der Waals surface area contributed by atoms with Gasteiger partial charge in [0.1, 0.15) is 17.2 Å². The van der Waals surface area contributed by atoms with Gasteiger partial charge < -0.3 is 30.2 Å². The molecule has 1 aliphatic rings. The summed E-state index contributed by atoms with van der Waals surface area (Å²) in [5.74, 6) is 0.631. The lowest BCUT2D eigenvalue weighted by molar-refractivity contribution is -0.113. The number of halogens is 2. The number of benzene rings is 2. The lowest BCUT2D eigenvalue weighted by atomic mass is 9.95. The molecule has 164 valence electrons. The Morgan fingerprint density at radius 2 is 1.77 bits per heavy atom. The van der Waals surface area contributed by atoms with Crippen molar-refractivity contribution in [2.75, 3.05) is 19.5 Å². The van der Waals surface area contributed by atoms with E-state index in [1.54, 1.807) is 37.3 Å². The minimum Gasteiger partial charge on any atom is -0.497 e. The highest BCUT2D eigenvalue weighted by atomic mass is 32.1. The zero-order valence-electron chi connectivity index (χ0n) is 17.0. The second-order valence-electron chi connectivity index (χ2n) is 6.54. The molecule has 0 spiro atoms. The van der Waals surface area contributed by atoms with Crippen LogP contribution in [0, 0.1) is 0 Å². The lowest BCUT2D eigenvalue weighted by Gasteiger charge is -2.30. The molecule has 3 N–H and O–H groups in total. The van der Waals surface area contributed by atoms with Crippen LogP contribution in [0.4, 0.5) is 14.5 Å². The van der Waals surface area contributed by atoms with Crippen molar-refractivity contribution in [2.45, 2.75) is 19.6 Å². The van der Waals surface area contributed by atoms with E-state index in [4.69, 9.17) is 21.7 Å². The molecule has 3 rings (SSSR count). The van der Waals surface area contributed by atoms with Crippen LogP contribution in [0.5, 0.6) is 17.2 Å². The molecule has 0 aromatic heterocycles. The Hall–Kier alpha value is -3.40. The summed E-state index contributed by atoms with van der Waals surface area (Å²) in [5, 5.41) is 9.17. The number of carbonyl (C=O) groups is 1. The molecule has 10 heteroatoms. The number of anilines is 1. The Kier molecular flexibility index (Phi) is 6.91. The molecule has 1 amide bonds. The third kappa shape index (κ3) is 5.21. The molecule has 0 saturated heterocycles. The van der Waals surface area contributed by atoms with Crippen LogP contribution >= 0.6 is 12.2 Å². The van der Waals surface area contributed by atoms with Crippen molar-refractivity contribution >= 4 is 28.9 Å². The zero-order chi connectivity index (χ0) is 22.5. The van der Waals surface area contributed by atoms with Crippen LogP contribution in [0.2, 0.25) is 0 Å². The Labute approximate surface area is 183 Å². The summed E-state index contributed by atoms with van der Waals surface area (Å²) in [6, 6.07) is 10.4. The first-order valence-corrected chi connectivity index (χ1v) is 9.59. The maximum atomic E-state index is 13.2. The summed E-state index contributed by atoms with van der Waals surface area (Å²) in [5.41, 5.74) is 2.01. The average molecular weight is 449 g/mol. The Morgan fingerprint density at radius 1 is 1.10 bits per heavy atom. The first kappa shape index (κ1) is 22.3. The summed E-state index contributed by atoms with van der Waals surface area (Å²) >= 11 is 5.24. The van der Waals surface area contributed by atoms with Crippen LogP contribution in [0.1, 0.15) is 18.5 Å². The molecule has 0 bridgehead atoms. The molecular formula is C21H21F2N3O4S. The largest absolute Gasteiger partial charge is 0.497 e. The van der Waals surface area contributed by atoms with Gasteiger partial charge in [-0.1, -0.05) is 12.1 Å². The Balaban J connectivity index is 1.92. The number of alkyl halides is 2. The highest BCUT2D eigenvalue weighted by Crippen LogP contribution is 2.32. The second-order valence-corrected chi connectivity index (χ2v) is 6.95. The Morgan fingerprint density at radius 3 is 2.39 bits per heavy atom. The standard InChI is InChI=1S/C21H21F2N3O4S/c1-11-17(19(27)25-15-10-14(28-2)8-9-16(15)29-3)18(26-21(31)24-11)12-4-6-13(7-5-12)30-20(22)23/h4-10,18,20H,1-3H3,(H,25,27)(H2,24,26,31)/t18-/m1/s1. The minimum atomic E-state index is -2.92. The summed E-state index contributed by atoms with van der Waals surface area (Å²) < 4.78 is 39.8. The van der Waals surface area contributed by atoms with E-state index < -0.39 is 18.6 Å². The van der Waals surface area contributed by atoms with E-state index >= 15 is 0 Å². The molecular weight excluding hydrogens is 428 g/mol. The van der Waals surface area contributed by atoms with Crippen molar-refractivity contribution in [1.29, 1.82) is 0 Å². The van der Waals surface area contributed by atoms with Gasteiger partial charge in [-0.3, -0.25) is 4.79 Å². The fourth-order valence-electron chi connectivity index (χ4n) is 3.19. The highest BCUT2D eigenvalue weighted by Gasteiger charge is 2.30. The van der Waals surface area contributed by atoms with Crippen molar-refractivity contribution in [3.63, 3.8) is 0 Å². The van der Waals surface area contributed by atoms with Crippen molar-refractivity contribution in [2.24, 2.45) is 0 Å². The minimum absolute atomic E-state index is 0.0167. The number of rotatable bonds is 7. The molecule has 7 nitrogen and oxygen atoms in total. The van der Waals surface area contributed by atoms with Crippen LogP contribution in [0.15, 0.2) is 53.7 Å². The van der Waals surface area contributed by atoms with E-state index in [9.17, 15) is 13.6 Å². The van der Waals surface area contributed by atoms with Gasteiger partial charge >= 0.3 is 6.61 Å². The molecule has 0 aliphatic carbocycles. The van der Waals surface area contributed by atoms with Gasteiger partial charge in [0.2, 0.25) is 0 Å². The summed E-state index contributed by atoms with van der Waals surface area (Å²) in [7, 11) is 3.02. The van der Waals surface area contributed by atoms with Crippen molar-refractivity contribution in [3.8, 4) is 17.2 Å². The van der Waals surface area contributed by atoms with Crippen molar-refractivity contribution in [1.82, 2.24) is 10.6 Å². The highest BCUT2D eigenvalue weighted by molar-refractivity contribution is 7.80. The van der Waals surface area contributed by atoms with Crippen molar-refractivity contribution < 1.29 is 27.8 Å². The van der Waals surface area contributed by atoms with E-state index in [0.29, 0.717) is 39.1 Å². The molecule has 0 fully saturated rings. The number of allylic oxidation sites excluding steroid dienone is 1. The van der Waals surface area contributed by atoms with Gasteiger partial charge in [0.05, 0.1) is 31.5 Å². The smallest absolute Gasteiger partial charge is 0.387 e. The van der Waals surface area contributed by atoms with Crippen LogP contribution in [-0.4, -0.2) is 31.9 Å². The predicted molar refractivity (Wildman–Crippen MR) is 116 cm³/mol. The van der Waals surface area contributed by atoms with Crippen LogP contribution < -0.4 is 30.2 Å².